The van der Waals surface area contributed by atoms with Gasteiger partial charge in [0.15, 0.2) is 5.13 Å². The molecule has 0 aliphatic carbocycles. The molecule has 0 unspecified atom stereocenters. The van der Waals surface area contributed by atoms with Crippen LogP contribution in [-0.4, -0.2) is 28.7 Å². The monoisotopic (exact) mass is 481 g/mol. The van der Waals surface area contributed by atoms with Crippen molar-refractivity contribution >= 4 is 39.3 Å². The van der Waals surface area contributed by atoms with Gasteiger partial charge in [-0.05, 0) is 29.3 Å². The summed E-state index contributed by atoms with van der Waals surface area (Å²) in [6.07, 6.45) is 2.07. The summed E-state index contributed by atoms with van der Waals surface area (Å²) in [4.78, 5) is 31.7. The zero-order valence-electron chi connectivity index (χ0n) is 19.1. The van der Waals surface area contributed by atoms with Crippen molar-refractivity contribution in [3.05, 3.63) is 118 Å². The third-order valence-corrected chi connectivity index (χ3v) is 6.50. The Kier molecular flexibility index (Phi) is 6.41. The number of carbonyl (C=O) groups is 2. The Balaban J connectivity index is 1.20. The number of thiazole rings is 1. The lowest BCUT2D eigenvalue weighted by Crippen LogP contribution is -2.26. The first-order valence-corrected chi connectivity index (χ1v) is 12.0. The van der Waals surface area contributed by atoms with Gasteiger partial charge in [-0.15, -0.1) is 11.3 Å². The first-order chi connectivity index (χ1) is 17.1. The molecule has 35 heavy (non-hydrogen) atoms. The largest absolute Gasteiger partial charge is 0.463 e. The van der Waals surface area contributed by atoms with Gasteiger partial charge in [-0.1, -0.05) is 60.7 Å². The predicted octanol–water partition coefficient (Wildman–Crippen LogP) is 6.00. The maximum atomic E-state index is 12.8. The lowest BCUT2D eigenvalue weighted by atomic mass is 10.1. The van der Waals surface area contributed by atoms with Gasteiger partial charge in [0.25, 0.3) is 11.8 Å². The van der Waals surface area contributed by atoms with Crippen LogP contribution in [0.3, 0.4) is 0 Å². The summed E-state index contributed by atoms with van der Waals surface area (Å²) in [6, 6.07) is 24.9. The number of hydrogen-bond donors (Lipinski definition) is 1. The van der Waals surface area contributed by atoms with E-state index in [-0.39, 0.29) is 11.8 Å². The molecule has 0 atom stereocenters. The molecule has 2 aromatic heterocycles. The van der Waals surface area contributed by atoms with Crippen molar-refractivity contribution in [1.82, 2.24) is 9.88 Å². The molecule has 0 spiro atoms. The number of rotatable bonds is 7. The van der Waals surface area contributed by atoms with Gasteiger partial charge in [0.05, 0.1) is 11.3 Å². The van der Waals surface area contributed by atoms with Crippen molar-refractivity contribution in [2.45, 2.75) is 13.0 Å². The third-order valence-electron chi connectivity index (χ3n) is 5.69. The second kappa shape index (κ2) is 9.95. The quantitative estimate of drug-likeness (QED) is 0.309. The lowest BCUT2D eigenvalue weighted by molar-refractivity contribution is 0.0785. The summed E-state index contributed by atoms with van der Waals surface area (Å²) in [5.74, 6) is -0.274. The molecule has 6 nitrogen and oxygen atoms in total. The van der Waals surface area contributed by atoms with Crippen LogP contribution < -0.4 is 5.32 Å². The SMILES string of the molecule is CN(Cc1ccccc1)C(=O)c1ccc(Cc2csc(NC(=O)c3coc4ccccc34)n2)cc1. The van der Waals surface area contributed by atoms with Gasteiger partial charge in [0.1, 0.15) is 11.8 Å². The number of amides is 2. The highest BCUT2D eigenvalue weighted by molar-refractivity contribution is 7.14. The van der Waals surface area contributed by atoms with Crippen molar-refractivity contribution in [1.29, 1.82) is 0 Å². The van der Waals surface area contributed by atoms with Crippen LogP contribution in [0.15, 0.2) is 94.9 Å². The molecule has 0 aliphatic rings. The van der Waals surface area contributed by atoms with E-state index in [0.29, 0.717) is 34.8 Å². The van der Waals surface area contributed by atoms with Gasteiger partial charge in [0.2, 0.25) is 0 Å². The van der Waals surface area contributed by atoms with Gasteiger partial charge in [-0.3, -0.25) is 14.9 Å². The van der Waals surface area contributed by atoms with E-state index in [1.807, 2.05) is 84.2 Å². The molecule has 0 saturated carbocycles. The molecule has 174 valence electrons. The van der Waals surface area contributed by atoms with Crippen molar-refractivity contribution in [2.24, 2.45) is 0 Å². The Morgan fingerprint density at radius 3 is 2.49 bits per heavy atom. The normalized spacial score (nSPS) is 10.9. The molecule has 2 amide bonds. The number of nitrogens with one attached hydrogen (secondary N) is 1. The fraction of sp³-hybridized carbons (Fsp3) is 0.107. The van der Waals surface area contributed by atoms with E-state index in [1.54, 1.807) is 11.9 Å². The van der Waals surface area contributed by atoms with Gasteiger partial charge in [-0.25, -0.2) is 4.98 Å². The van der Waals surface area contributed by atoms with Crippen LogP contribution >= 0.6 is 11.3 Å². The summed E-state index contributed by atoms with van der Waals surface area (Å²) in [5.41, 5.74) is 4.78. The highest BCUT2D eigenvalue weighted by Crippen LogP contribution is 2.24. The third kappa shape index (κ3) is 5.15. The number of hydrogen-bond acceptors (Lipinski definition) is 5. The Morgan fingerprint density at radius 1 is 0.943 bits per heavy atom. The molecule has 5 aromatic rings. The molecule has 5 rings (SSSR count). The number of anilines is 1. The summed E-state index contributed by atoms with van der Waals surface area (Å²) >= 11 is 1.38. The minimum atomic E-state index is -0.252. The molecule has 2 heterocycles. The number of furan rings is 1. The maximum Gasteiger partial charge on any atom is 0.261 e. The van der Waals surface area contributed by atoms with E-state index in [2.05, 4.69) is 10.3 Å². The van der Waals surface area contributed by atoms with Crippen LogP contribution in [-0.2, 0) is 13.0 Å². The van der Waals surface area contributed by atoms with Crippen molar-refractivity contribution in [3.63, 3.8) is 0 Å². The zero-order chi connectivity index (χ0) is 24.2. The van der Waals surface area contributed by atoms with E-state index in [1.165, 1.54) is 17.6 Å². The van der Waals surface area contributed by atoms with E-state index in [9.17, 15) is 9.59 Å². The Morgan fingerprint density at radius 2 is 1.69 bits per heavy atom. The predicted molar refractivity (Wildman–Crippen MR) is 138 cm³/mol. The zero-order valence-corrected chi connectivity index (χ0v) is 19.9. The van der Waals surface area contributed by atoms with E-state index >= 15 is 0 Å². The van der Waals surface area contributed by atoms with E-state index in [0.717, 1.165) is 22.2 Å². The van der Waals surface area contributed by atoms with E-state index < -0.39 is 0 Å². The van der Waals surface area contributed by atoms with Crippen LogP contribution in [0.1, 0.15) is 37.5 Å². The van der Waals surface area contributed by atoms with Crippen LogP contribution in [0, 0.1) is 0 Å². The molecule has 0 saturated heterocycles. The molecule has 1 N–H and O–H groups in total. The molecular formula is C28H23N3O3S. The molecule has 0 fully saturated rings. The minimum absolute atomic E-state index is 0.0224. The first kappa shape index (κ1) is 22.6. The van der Waals surface area contributed by atoms with Crippen LogP contribution in [0.4, 0.5) is 5.13 Å². The fourth-order valence-corrected chi connectivity index (χ4v) is 4.59. The smallest absolute Gasteiger partial charge is 0.261 e. The van der Waals surface area contributed by atoms with Crippen molar-refractivity contribution < 1.29 is 14.0 Å². The summed E-state index contributed by atoms with van der Waals surface area (Å²) in [6.45, 7) is 0.559. The van der Waals surface area contributed by atoms with Crippen LogP contribution in [0.5, 0.6) is 0 Å². The van der Waals surface area contributed by atoms with Crippen LogP contribution in [0.2, 0.25) is 0 Å². The fourth-order valence-electron chi connectivity index (χ4n) is 3.89. The average molecular weight is 482 g/mol. The Hall–Kier alpha value is -4.23. The van der Waals surface area contributed by atoms with Crippen molar-refractivity contribution in [2.75, 3.05) is 12.4 Å². The van der Waals surface area contributed by atoms with Crippen LogP contribution in [0.25, 0.3) is 11.0 Å². The second-order valence-electron chi connectivity index (χ2n) is 8.26. The highest BCUT2D eigenvalue weighted by atomic mass is 32.1. The Bertz CT molecular complexity index is 1470. The molecular weight excluding hydrogens is 458 g/mol. The average Bonchev–Trinajstić information content (AvgIpc) is 3.51. The van der Waals surface area contributed by atoms with Gasteiger partial charge in [0, 0.05) is 36.3 Å². The number of nitrogens with zero attached hydrogens (tertiary/aromatic N) is 2. The first-order valence-electron chi connectivity index (χ1n) is 11.2. The summed E-state index contributed by atoms with van der Waals surface area (Å²) in [7, 11) is 1.81. The summed E-state index contributed by atoms with van der Waals surface area (Å²) < 4.78 is 5.46. The second-order valence-corrected chi connectivity index (χ2v) is 9.12. The molecule has 0 bridgehead atoms. The number of carbonyl (C=O) groups excluding carboxylic acids is 2. The molecule has 0 aliphatic heterocycles. The number of aromatic nitrogens is 1. The van der Waals surface area contributed by atoms with Gasteiger partial charge < -0.3 is 9.32 Å². The van der Waals surface area contributed by atoms with Gasteiger partial charge >= 0.3 is 0 Å². The molecule has 0 radical (unpaired) electrons. The maximum absolute atomic E-state index is 12.8. The van der Waals surface area contributed by atoms with E-state index in [4.69, 9.17) is 4.42 Å². The topological polar surface area (TPSA) is 75.4 Å². The molecule has 7 heteroatoms. The summed E-state index contributed by atoms with van der Waals surface area (Å²) in [5, 5.41) is 6.09. The highest BCUT2D eigenvalue weighted by Gasteiger charge is 2.16. The number of benzene rings is 3. The molecule has 3 aromatic carbocycles. The number of para-hydroxylation sites is 1. The lowest BCUT2D eigenvalue weighted by Gasteiger charge is -2.17. The standard InChI is InChI=1S/C28H23N3O3S/c1-31(16-20-7-3-2-4-8-20)27(33)21-13-11-19(12-14-21)15-22-18-35-28(29-22)30-26(32)24-17-34-25-10-6-5-9-23(24)25/h2-14,17-18H,15-16H2,1H3,(H,29,30,32). The minimum Gasteiger partial charge on any atom is -0.463 e. The number of fused-ring (bicyclic) bond motifs is 1. The Labute approximate surface area is 206 Å². The van der Waals surface area contributed by atoms with Gasteiger partial charge in [-0.2, -0.15) is 0 Å². The van der Waals surface area contributed by atoms with Crippen molar-refractivity contribution in [3.8, 4) is 0 Å².